The summed E-state index contributed by atoms with van der Waals surface area (Å²) in [6, 6.07) is 49.9. The molecule has 0 spiro atoms. The predicted octanol–water partition coefficient (Wildman–Crippen LogP) is 18.6. The van der Waals surface area contributed by atoms with Crippen LogP contribution >= 0.6 is 11.6 Å². The Morgan fingerprint density at radius 1 is 0.457 bits per heavy atom. The summed E-state index contributed by atoms with van der Waals surface area (Å²) in [7, 11) is 0. The Morgan fingerprint density at radius 3 is 1.01 bits per heavy atom. The largest absolute Gasteiger partial charge is 0.462 e. The van der Waals surface area contributed by atoms with Crippen molar-refractivity contribution >= 4 is 36.3 Å². The number of aliphatic imine (C=N–C) groups is 1. The van der Waals surface area contributed by atoms with Crippen LogP contribution in [0.4, 0.5) is 62.3 Å². The van der Waals surface area contributed by atoms with Crippen LogP contribution in [0.15, 0.2) is 199 Å². The Morgan fingerprint density at radius 2 is 0.767 bits per heavy atom. The lowest BCUT2D eigenvalue weighted by Gasteiger charge is -2.20. The highest BCUT2D eigenvalue weighted by molar-refractivity contribution is 6.17. The van der Waals surface area contributed by atoms with Gasteiger partial charge < -0.3 is 31.2 Å². The number of nitrogens with one attached hydrogen (secondary N) is 4. The molecule has 4 heterocycles. The van der Waals surface area contributed by atoms with Crippen LogP contribution in [0.3, 0.4) is 0 Å². The molecule has 12 aromatic rings. The van der Waals surface area contributed by atoms with E-state index in [4.69, 9.17) is 22.1 Å². The van der Waals surface area contributed by atoms with E-state index in [2.05, 4.69) is 92.5 Å². The molecule has 0 aliphatic carbocycles. The average Bonchev–Trinajstić information content (AvgIpc) is 1.77. The van der Waals surface area contributed by atoms with Gasteiger partial charge in [0, 0.05) is 53.3 Å². The summed E-state index contributed by atoms with van der Waals surface area (Å²) in [4.78, 5) is 50.3. The van der Waals surface area contributed by atoms with Gasteiger partial charge in [0.1, 0.15) is 11.2 Å². The number of alkyl carbamates (subject to hydrolysis) is 1. The van der Waals surface area contributed by atoms with Crippen LogP contribution in [0.5, 0.6) is 0 Å². The van der Waals surface area contributed by atoms with Crippen molar-refractivity contribution in [2.45, 2.75) is 189 Å². The van der Waals surface area contributed by atoms with Gasteiger partial charge in [-0.1, -0.05) is 153 Å². The summed E-state index contributed by atoms with van der Waals surface area (Å²) in [6.07, 6.45) is -13.5. The first kappa shape index (κ1) is 105. The normalized spacial score (nSPS) is 11.5. The van der Waals surface area contributed by atoms with Gasteiger partial charge in [-0.15, -0.1) is 52.4 Å². The third-order valence-corrected chi connectivity index (χ3v) is 17.2. The van der Waals surface area contributed by atoms with Crippen LogP contribution < -0.4 is 21.7 Å². The first-order chi connectivity index (χ1) is 60.6. The van der Waals surface area contributed by atoms with Crippen LogP contribution in [0.1, 0.15) is 163 Å². The number of nitrogens with zero attached hydrogens (tertiary/aromatic N) is 16. The van der Waals surface area contributed by atoms with Gasteiger partial charge in [0.05, 0.1) is 47.4 Å². The number of alkyl halides is 13. The zero-order chi connectivity index (χ0) is 95.4. The SMILES string of the molecule is CC(C)(C)N=C=O.CC(C)(C)NC(=O)NCCn1nnc(-c2ccccc2Cc2ccc(C(F)(F)F)cc2)n1.CC(C)(C)OC(=O)NCCn1nnc(-c2ccccc2Cc2ccc(C(F)(F)F)cc2)n1.CC(C)(C)OC=O.CCCCl.FC(F)(F)c1ccc(Cc2ccccc2-c2nn[nH]n2)cc1.NCCn1nnc(-c2ccccc2Cc2ccc(C(F)(F)F)cc2)n1. The van der Waals surface area contributed by atoms with Gasteiger partial charge in [-0.2, -0.15) is 72.3 Å². The maximum absolute atomic E-state index is 12.8. The van der Waals surface area contributed by atoms with E-state index in [9.17, 15) is 71.9 Å². The maximum atomic E-state index is 12.8. The van der Waals surface area contributed by atoms with Gasteiger partial charge in [-0.3, -0.25) is 4.79 Å². The van der Waals surface area contributed by atoms with Crippen LogP contribution in [0.2, 0.25) is 0 Å². The van der Waals surface area contributed by atoms with Gasteiger partial charge in [0.25, 0.3) is 6.47 Å². The summed E-state index contributed by atoms with van der Waals surface area (Å²) in [6.45, 7) is 26.6. The molecule has 0 saturated carbocycles. The maximum Gasteiger partial charge on any atom is 0.416 e. The first-order valence-electron chi connectivity index (χ1n) is 40.1. The number of hydrogen-bond donors (Lipinski definition) is 5. The number of ether oxygens (including phenoxy) is 2. The van der Waals surface area contributed by atoms with Crippen molar-refractivity contribution < 1.29 is 81.3 Å². The van der Waals surface area contributed by atoms with Crippen LogP contribution in [-0.2, 0) is 89.1 Å². The van der Waals surface area contributed by atoms with E-state index in [0.717, 1.165) is 128 Å². The van der Waals surface area contributed by atoms with Crippen molar-refractivity contribution in [2.75, 3.05) is 25.5 Å². The molecular formula is C89H102ClF12N21O6. The molecule has 129 heavy (non-hydrogen) atoms. The molecule has 0 aliphatic heterocycles. The average molecular weight is 1830 g/mol. The number of hydrogen-bond acceptors (Lipinski definition) is 20. The van der Waals surface area contributed by atoms with E-state index in [-0.39, 0.29) is 29.3 Å². The number of H-pyrrole nitrogens is 1. The summed E-state index contributed by atoms with van der Waals surface area (Å²) in [5.41, 5.74) is 11.0. The monoisotopic (exact) mass is 1820 g/mol. The van der Waals surface area contributed by atoms with E-state index in [1.165, 1.54) is 69.0 Å². The topological polar surface area (TPSA) is 346 Å². The number of urea groups is 1. The number of isocyanates is 1. The van der Waals surface area contributed by atoms with E-state index in [1.54, 1.807) is 20.8 Å². The lowest BCUT2D eigenvalue weighted by Crippen LogP contribution is -2.47. The lowest BCUT2D eigenvalue weighted by atomic mass is 9.98. The van der Waals surface area contributed by atoms with Crippen molar-refractivity contribution in [3.8, 4) is 45.6 Å². The van der Waals surface area contributed by atoms with Gasteiger partial charge in [-0.05, 0) is 229 Å². The molecule has 4 aromatic heterocycles. The molecule has 40 heteroatoms. The van der Waals surface area contributed by atoms with Gasteiger partial charge in [-0.25, -0.2) is 19.4 Å². The molecule has 690 valence electrons. The fraction of sp³-hybridized carbons (Fsp3) is 0.371. The molecule has 0 saturated heterocycles. The fourth-order valence-electron chi connectivity index (χ4n) is 10.9. The summed E-state index contributed by atoms with van der Waals surface area (Å²) in [5, 5.41) is 59.2. The van der Waals surface area contributed by atoms with Crippen molar-refractivity contribution in [3.05, 3.63) is 261 Å². The van der Waals surface area contributed by atoms with Gasteiger partial charge in [0.2, 0.25) is 29.4 Å². The molecule has 3 amide bonds. The Balaban J connectivity index is 0.000000250. The number of nitrogens with two attached hydrogens (primary N) is 1. The number of tetrazole rings is 4. The molecule has 8 aromatic carbocycles. The molecule has 12 rings (SSSR count). The van der Waals surface area contributed by atoms with E-state index in [1.807, 2.05) is 166 Å². The fourth-order valence-corrected chi connectivity index (χ4v) is 10.9. The quantitative estimate of drug-likeness (QED) is 0.0138. The van der Waals surface area contributed by atoms with E-state index in [0.29, 0.717) is 88.2 Å². The van der Waals surface area contributed by atoms with Crippen LogP contribution in [0, 0.1) is 0 Å². The molecule has 0 fully saturated rings. The summed E-state index contributed by atoms with van der Waals surface area (Å²) >= 11 is 5.19. The molecular weight excluding hydrogens is 1720 g/mol. The number of aromatic amines is 1. The van der Waals surface area contributed by atoms with E-state index < -0.39 is 58.7 Å². The van der Waals surface area contributed by atoms with E-state index >= 15 is 0 Å². The minimum Gasteiger partial charge on any atom is -0.462 e. The number of rotatable bonds is 22. The standard InChI is InChI=1S/C22H25F3N6O.C22H24F3N5O2.C17H16F3N5.C15H11F3N4.C5H9NO.C5H10O2.C3H7Cl/c1-21(2,3)27-20(32)26-12-13-31-29-19(28-30-31)18-7-5-4-6-16(18)14-15-8-10-17(11-9-15)22(23,24)25;1-21(2,3)32-20(31)26-12-13-30-28-19(27-29-30)18-7-5-4-6-16(18)14-15-8-10-17(11-9-15)22(23,24)25;18-17(19,20)14-7-5-12(6-8-14)11-13-3-1-2-4-15(13)16-22-24-25(23-16)10-9-21;16-15(17,18)12-7-5-10(6-8-12)9-11-3-1-2-4-13(11)14-19-21-22-20-14;1-5(2,3)6-4-7;1-5(2,3)7-4-6;1-2-3-4/h4-11H,12-14H2,1-3H3,(H2,26,27,32);4-11H,12-14H2,1-3H3,(H,26,31);1-8H,9-11,21H2;1-8H,9H2,(H,19,20,21,22);1-3H3;4H,1-3H3;2-3H2,1H3. The molecule has 6 N–H and O–H groups in total. The second kappa shape index (κ2) is 48.7. The minimum atomic E-state index is -4.36. The minimum absolute atomic E-state index is 0.248. The number of benzene rings is 8. The first-order valence-corrected chi connectivity index (χ1v) is 40.6. The number of carbonyl (C=O) groups excluding carboxylic acids is 4. The lowest BCUT2D eigenvalue weighted by molar-refractivity contribution is -0.139. The summed E-state index contributed by atoms with van der Waals surface area (Å²) < 4.78 is 162. The Labute approximate surface area is 742 Å². The van der Waals surface area contributed by atoms with Crippen LogP contribution in [-0.4, -0.2) is 154 Å². The number of aromatic nitrogens is 16. The highest BCUT2D eigenvalue weighted by Crippen LogP contribution is 2.35. The zero-order valence-corrected chi connectivity index (χ0v) is 73.9. The van der Waals surface area contributed by atoms with Gasteiger partial charge in [0.15, 0.2) is 0 Å². The van der Waals surface area contributed by atoms with Crippen LogP contribution in [0.25, 0.3) is 45.6 Å². The second-order valence-corrected chi connectivity index (χ2v) is 32.6. The van der Waals surface area contributed by atoms with Crippen molar-refractivity contribution in [1.29, 1.82) is 0 Å². The smallest absolute Gasteiger partial charge is 0.416 e. The molecule has 0 bridgehead atoms. The number of halogens is 13. The molecule has 0 unspecified atom stereocenters. The molecule has 0 atom stereocenters. The molecule has 0 aliphatic rings. The van der Waals surface area contributed by atoms with Crippen molar-refractivity contribution in [3.63, 3.8) is 0 Å². The zero-order valence-electron chi connectivity index (χ0n) is 73.1. The third kappa shape index (κ3) is 38.5. The van der Waals surface area contributed by atoms with Crippen molar-refractivity contribution in [2.24, 2.45) is 10.7 Å². The Bertz CT molecular complexity index is 5270. The molecule has 0 radical (unpaired) electrons. The highest BCUT2D eigenvalue weighted by atomic mass is 35.5. The second-order valence-electron chi connectivity index (χ2n) is 32.2. The number of amides is 3. The highest BCUT2D eigenvalue weighted by Gasteiger charge is 2.33. The number of carbonyl (C=O) groups is 3. The predicted molar refractivity (Wildman–Crippen MR) is 462 cm³/mol. The molecule has 27 nitrogen and oxygen atoms in total. The third-order valence-electron chi connectivity index (χ3n) is 16.8. The Hall–Kier alpha value is -13.2. The summed E-state index contributed by atoms with van der Waals surface area (Å²) in [5.74, 6) is 2.52. The van der Waals surface area contributed by atoms with Crippen molar-refractivity contribution in [1.82, 2.24) is 97.2 Å². The Kier molecular flexibility index (Phi) is 39.5. The van der Waals surface area contributed by atoms with Gasteiger partial charge >= 0.3 is 36.8 Å².